The first kappa shape index (κ1) is 27.5. The minimum atomic E-state index is -0.299. The van der Waals surface area contributed by atoms with E-state index >= 15 is 0 Å². The monoisotopic (exact) mass is 408 g/mol. The van der Waals surface area contributed by atoms with Gasteiger partial charge in [-0.2, -0.15) is 0 Å². The van der Waals surface area contributed by atoms with Crippen molar-refractivity contribution in [1.82, 2.24) is 0 Å². The summed E-state index contributed by atoms with van der Waals surface area (Å²) in [6.07, 6.45) is 17.3. The zero-order valence-corrected chi connectivity index (χ0v) is 19.1. The van der Waals surface area contributed by atoms with Crippen molar-refractivity contribution >= 4 is 11.9 Å². The van der Waals surface area contributed by atoms with Gasteiger partial charge in [0.15, 0.2) is 0 Å². The van der Waals surface area contributed by atoms with Crippen molar-refractivity contribution in [1.29, 1.82) is 0 Å². The van der Waals surface area contributed by atoms with E-state index < -0.39 is 0 Å². The quantitative estimate of drug-likeness (QED) is 0.135. The number of carbonyl (C=O) groups is 2. The Morgan fingerprint density at radius 2 is 1.03 bits per heavy atom. The molecule has 0 N–H and O–H groups in total. The number of hydrogen-bond acceptors (Lipinski definition) is 4. The predicted molar refractivity (Wildman–Crippen MR) is 120 cm³/mol. The average Bonchev–Trinajstić information content (AvgIpc) is 2.72. The van der Waals surface area contributed by atoms with Crippen LogP contribution >= 0.6 is 0 Å². The van der Waals surface area contributed by atoms with Crippen LogP contribution in [0.4, 0.5) is 0 Å². The van der Waals surface area contributed by atoms with Crippen LogP contribution in [0.1, 0.15) is 123 Å². The summed E-state index contributed by atoms with van der Waals surface area (Å²) >= 11 is 0. The summed E-state index contributed by atoms with van der Waals surface area (Å²) in [5, 5.41) is 0. The van der Waals surface area contributed by atoms with E-state index in [1.54, 1.807) is 0 Å². The van der Waals surface area contributed by atoms with E-state index in [9.17, 15) is 9.59 Å². The maximum absolute atomic E-state index is 11.7. The van der Waals surface area contributed by atoms with Crippen molar-refractivity contribution in [2.75, 3.05) is 13.2 Å². The van der Waals surface area contributed by atoms with E-state index in [-0.39, 0.29) is 24.8 Å². The Morgan fingerprint density at radius 1 is 0.586 bits per heavy atom. The van der Waals surface area contributed by atoms with Crippen LogP contribution in [-0.2, 0) is 19.1 Å². The molecule has 0 aromatic carbocycles. The van der Waals surface area contributed by atoms with E-state index in [1.165, 1.54) is 57.8 Å². The Bertz CT molecular complexity index is 447. The van der Waals surface area contributed by atoms with Crippen LogP contribution in [0.5, 0.6) is 0 Å². The Kier molecular flexibility index (Phi) is 21.6. The fraction of sp³-hybridized carbons (Fsp3) is 0.840. The predicted octanol–water partition coefficient (Wildman–Crippen LogP) is 6.75. The van der Waals surface area contributed by atoms with Gasteiger partial charge in [0, 0.05) is 12.8 Å². The molecule has 0 heterocycles. The molecule has 0 bridgehead atoms. The van der Waals surface area contributed by atoms with Crippen LogP contribution in [-0.4, -0.2) is 25.2 Å². The molecule has 29 heavy (non-hydrogen) atoms. The summed E-state index contributed by atoms with van der Waals surface area (Å²) in [6.45, 7) is 5.20. The second-order valence-electron chi connectivity index (χ2n) is 7.64. The molecule has 4 heteroatoms. The highest BCUT2D eigenvalue weighted by Crippen LogP contribution is 2.08. The highest BCUT2D eigenvalue weighted by atomic mass is 16.5. The first-order valence-electron chi connectivity index (χ1n) is 12.0. The van der Waals surface area contributed by atoms with Crippen molar-refractivity contribution in [3.8, 4) is 11.8 Å². The molecule has 0 amide bonds. The molecule has 0 aliphatic carbocycles. The lowest BCUT2D eigenvalue weighted by Crippen LogP contribution is -2.11. The van der Waals surface area contributed by atoms with Crippen LogP contribution in [0.15, 0.2) is 0 Å². The molecule has 0 atom stereocenters. The third-order valence-corrected chi connectivity index (χ3v) is 4.81. The largest absolute Gasteiger partial charge is 0.466 e. The van der Waals surface area contributed by atoms with E-state index in [4.69, 9.17) is 9.47 Å². The number of carbonyl (C=O) groups excluding carboxylic acids is 2. The highest BCUT2D eigenvalue weighted by molar-refractivity contribution is 5.77. The Hall–Kier alpha value is -1.50. The summed E-state index contributed by atoms with van der Waals surface area (Å²) in [4.78, 5) is 23.3. The van der Waals surface area contributed by atoms with Gasteiger partial charge in [0.05, 0.1) is 26.1 Å². The maximum atomic E-state index is 11.7. The van der Waals surface area contributed by atoms with Crippen LogP contribution in [0, 0.1) is 11.8 Å². The molecule has 4 nitrogen and oxygen atoms in total. The second kappa shape index (κ2) is 22.8. The third kappa shape index (κ3) is 22.7. The van der Waals surface area contributed by atoms with Crippen LogP contribution < -0.4 is 0 Å². The van der Waals surface area contributed by atoms with Gasteiger partial charge in [-0.3, -0.25) is 9.59 Å². The molecular weight excluding hydrogens is 364 g/mol. The van der Waals surface area contributed by atoms with Gasteiger partial charge in [-0.25, -0.2) is 0 Å². The number of unbranched alkanes of at least 4 members (excludes halogenated alkanes) is 12. The molecule has 0 aromatic heterocycles. The van der Waals surface area contributed by atoms with Crippen molar-refractivity contribution in [2.45, 2.75) is 123 Å². The number of ether oxygens (including phenoxy) is 2. The van der Waals surface area contributed by atoms with E-state index in [0.717, 1.165) is 38.5 Å². The summed E-state index contributed by atoms with van der Waals surface area (Å²) in [5.74, 6) is 5.66. The SMILES string of the molecule is CCC#CCCCCCCCCOC(=O)CCC(=O)OCCCCCCCCC. The van der Waals surface area contributed by atoms with Gasteiger partial charge in [-0.05, 0) is 19.3 Å². The van der Waals surface area contributed by atoms with Crippen molar-refractivity contribution in [3.05, 3.63) is 0 Å². The number of esters is 2. The molecular formula is C25H44O4. The van der Waals surface area contributed by atoms with Crippen molar-refractivity contribution < 1.29 is 19.1 Å². The van der Waals surface area contributed by atoms with E-state index in [1.807, 2.05) is 0 Å². The van der Waals surface area contributed by atoms with Gasteiger partial charge in [0.2, 0.25) is 0 Å². The zero-order chi connectivity index (χ0) is 21.4. The van der Waals surface area contributed by atoms with Crippen molar-refractivity contribution in [3.63, 3.8) is 0 Å². The Morgan fingerprint density at radius 3 is 1.52 bits per heavy atom. The normalized spacial score (nSPS) is 10.3. The topological polar surface area (TPSA) is 52.6 Å². The minimum Gasteiger partial charge on any atom is -0.466 e. The van der Waals surface area contributed by atoms with Gasteiger partial charge >= 0.3 is 11.9 Å². The van der Waals surface area contributed by atoms with E-state index in [2.05, 4.69) is 25.7 Å². The maximum Gasteiger partial charge on any atom is 0.306 e. The van der Waals surface area contributed by atoms with Gasteiger partial charge in [-0.1, -0.05) is 78.1 Å². The summed E-state index contributed by atoms with van der Waals surface area (Å²) in [6, 6.07) is 0. The standard InChI is InChI=1S/C25H44O4/c1-3-5-7-9-11-12-13-15-17-19-23-29-25(27)21-20-24(26)28-22-18-16-14-10-8-6-4-2/h3-4,6,8-23H2,1-2H3. The first-order chi connectivity index (χ1) is 14.2. The van der Waals surface area contributed by atoms with Gasteiger partial charge < -0.3 is 9.47 Å². The van der Waals surface area contributed by atoms with Gasteiger partial charge in [-0.15, -0.1) is 11.8 Å². The summed E-state index contributed by atoms with van der Waals surface area (Å²) in [5.41, 5.74) is 0. The van der Waals surface area contributed by atoms with E-state index in [0.29, 0.717) is 13.2 Å². The number of rotatable bonds is 19. The molecule has 0 spiro atoms. The van der Waals surface area contributed by atoms with Crippen LogP contribution in [0.3, 0.4) is 0 Å². The lowest BCUT2D eigenvalue weighted by atomic mass is 10.1. The summed E-state index contributed by atoms with van der Waals surface area (Å²) in [7, 11) is 0. The Balaban J connectivity index is 3.34. The molecule has 0 fully saturated rings. The number of hydrogen-bond donors (Lipinski definition) is 0. The van der Waals surface area contributed by atoms with Gasteiger partial charge in [0.25, 0.3) is 0 Å². The van der Waals surface area contributed by atoms with Crippen molar-refractivity contribution in [2.24, 2.45) is 0 Å². The molecule has 0 saturated heterocycles. The van der Waals surface area contributed by atoms with Gasteiger partial charge in [0.1, 0.15) is 0 Å². The molecule has 0 rings (SSSR count). The smallest absolute Gasteiger partial charge is 0.306 e. The van der Waals surface area contributed by atoms with Crippen LogP contribution in [0.25, 0.3) is 0 Å². The molecule has 0 aromatic rings. The molecule has 0 radical (unpaired) electrons. The molecule has 0 unspecified atom stereocenters. The zero-order valence-electron chi connectivity index (χ0n) is 19.1. The molecule has 0 aliphatic rings. The van der Waals surface area contributed by atoms with Crippen LogP contribution in [0.2, 0.25) is 0 Å². The fourth-order valence-electron chi connectivity index (χ4n) is 3.02. The second-order valence-corrected chi connectivity index (χ2v) is 7.64. The Labute approximate surface area is 179 Å². The lowest BCUT2D eigenvalue weighted by molar-refractivity contribution is -0.150. The first-order valence-corrected chi connectivity index (χ1v) is 12.0. The fourth-order valence-corrected chi connectivity index (χ4v) is 3.02. The molecule has 168 valence electrons. The lowest BCUT2D eigenvalue weighted by Gasteiger charge is -2.06. The highest BCUT2D eigenvalue weighted by Gasteiger charge is 2.09. The minimum absolute atomic E-state index is 0.120. The third-order valence-electron chi connectivity index (χ3n) is 4.81. The summed E-state index contributed by atoms with van der Waals surface area (Å²) < 4.78 is 10.4. The average molecular weight is 409 g/mol. The molecule has 0 saturated carbocycles. The molecule has 0 aliphatic heterocycles.